The molecule has 0 aliphatic rings. The van der Waals surface area contributed by atoms with E-state index in [0.29, 0.717) is 9.99 Å². The van der Waals surface area contributed by atoms with Crippen LogP contribution in [0.4, 0.5) is 20.2 Å². The Hall–Kier alpha value is -2.48. The second-order valence-corrected chi connectivity index (χ2v) is 7.54. The smallest absolute Gasteiger partial charge is 0.245 e. The van der Waals surface area contributed by atoms with Gasteiger partial charge in [-0.1, -0.05) is 18.2 Å². The molecule has 0 radical (unpaired) electrons. The fraction of sp³-hybridized carbons (Fsp3) is 0.235. The van der Waals surface area contributed by atoms with Crippen LogP contribution in [0, 0.1) is 25.5 Å². The van der Waals surface area contributed by atoms with Gasteiger partial charge in [0.1, 0.15) is 12.2 Å². The first kappa shape index (κ1) is 18.9. The molecule has 1 amide bonds. The van der Waals surface area contributed by atoms with Crippen LogP contribution in [0.25, 0.3) is 0 Å². The number of carbonyl (C=O) groups excluding carboxylic acids is 1. The molecule has 5 nitrogen and oxygen atoms in total. The number of halogens is 2. The summed E-state index contributed by atoms with van der Waals surface area (Å²) in [5.41, 5.74) is 1.49. The zero-order valence-corrected chi connectivity index (χ0v) is 14.8. The normalized spacial score (nSPS) is 11.2. The Morgan fingerprint density at radius 3 is 2.20 bits per heavy atom. The summed E-state index contributed by atoms with van der Waals surface area (Å²) in [7, 11) is -4.08. The molecule has 0 aliphatic heterocycles. The van der Waals surface area contributed by atoms with E-state index in [0.717, 1.165) is 35.6 Å². The van der Waals surface area contributed by atoms with Gasteiger partial charge >= 0.3 is 0 Å². The molecule has 1 N–H and O–H groups in total. The minimum atomic E-state index is -4.08. The number of aryl methyl sites for hydroxylation is 1. The highest BCUT2D eigenvalue weighted by atomic mass is 32.2. The zero-order chi connectivity index (χ0) is 18.8. The van der Waals surface area contributed by atoms with Gasteiger partial charge in [-0.2, -0.15) is 0 Å². The van der Waals surface area contributed by atoms with Crippen molar-refractivity contribution in [1.29, 1.82) is 0 Å². The van der Waals surface area contributed by atoms with Gasteiger partial charge in [-0.25, -0.2) is 17.2 Å². The van der Waals surface area contributed by atoms with Gasteiger partial charge in [-0.3, -0.25) is 9.10 Å². The van der Waals surface area contributed by atoms with Crippen molar-refractivity contribution in [3.8, 4) is 0 Å². The molecule has 2 aromatic rings. The van der Waals surface area contributed by atoms with Crippen LogP contribution in [-0.4, -0.2) is 27.1 Å². The number of hydrogen-bond acceptors (Lipinski definition) is 3. The SMILES string of the molecule is Cc1cccc(NC(=O)CN(c2c(F)cccc2F)S(C)(=O)=O)c1C. The van der Waals surface area contributed by atoms with E-state index in [1.807, 2.05) is 13.0 Å². The fourth-order valence-electron chi connectivity index (χ4n) is 2.30. The molecule has 134 valence electrons. The lowest BCUT2D eigenvalue weighted by Gasteiger charge is -2.23. The molecule has 8 heteroatoms. The lowest BCUT2D eigenvalue weighted by molar-refractivity contribution is -0.114. The van der Waals surface area contributed by atoms with Crippen molar-refractivity contribution in [3.05, 3.63) is 59.2 Å². The summed E-state index contributed by atoms with van der Waals surface area (Å²) in [6.07, 6.45) is 0.782. The van der Waals surface area contributed by atoms with Crippen LogP contribution in [0.1, 0.15) is 11.1 Å². The fourth-order valence-corrected chi connectivity index (χ4v) is 3.15. The van der Waals surface area contributed by atoms with Crippen LogP contribution in [-0.2, 0) is 14.8 Å². The van der Waals surface area contributed by atoms with Gasteiger partial charge in [0, 0.05) is 5.69 Å². The Labute approximate surface area is 145 Å². The summed E-state index contributed by atoms with van der Waals surface area (Å²) in [5.74, 6) is -2.84. The summed E-state index contributed by atoms with van der Waals surface area (Å²) in [6.45, 7) is 2.92. The summed E-state index contributed by atoms with van der Waals surface area (Å²) >= 11 is 0. The van der Waals surface area contributed by atoms with Crippen LogP contribution >= 0.6 is 0 Å². The molecule has 0 aromatic heterocycles. The number of carbonyl (C=O) groups is 1. The Bertz CT molecular complexity index is 894. The maximum Gasteiger partial charge on any atom is 0.245 e. The molecule has 0 atom stereocenters. The summed E-state index contributed by atoms with van der Waals surface area (Å²) in [5, 5.41) is 2.57. The molecular weight excluding hydrogens is 350 g/mol. The second kappa shape index (κ2) is 7.18. The standard InChI is InChI=1S/C17H18F2N2O3S/c1-11-6-4-9-15(12(11)2)20-16(22)10-21(25(3,23)24)17-13(18)7-5-8-14(17)19/h4-9H,10H2,1-3H3,(H,20,22). The quantitative estimate of drug-likeness (QED) is 0.882. The second-order valence-electron chi connectivity index (χ2n) is 5.64. The first-order chi connectivity index (χ1) is 11.6. The van der Waals surface area contributed by atoms with Gasteiger partial charge < -0.3 is 5.32 Å². The van der Waals surface area contributed by atoms with Crippen LogP contribution in [0.5, 0.6) is 0 Å². The number of nitrogens with zero attached hydrogens (tertiary/aromatic N) is 1. The number of rotatable bonds is 5. The molecule has 0 bridgehead atoms. The van der Waals surface area contributed by atoms with E-state index < -0.39 is 39.8 Å². The molecule has 0 fully saturated rings. The number of anilines is 2. The molecule has 0 aliphatic carbocycles. The van der Waals surface area contributed by atoms with Crippen molar-refractivity contribution in [2.45, 2.75) is 13.8 Å². The van der Waals surface area contributed by atoms with Crippen molar-refractivity contribution in [2.24, 2.45) is 0 Å². The Morgan fingerprint density at radius 1 is 1.08 bits per heavy atom. The van der Waals surface area contributed by atoms with Gasteiger partial charge in [0.05, 0.1) is 6.26 Å². The van der Waals surface area contributed by atoms with Crippen molar-refractivity contribution in [1.82, 2.24) is 0 Å². The molecule has 2 rings (SSSR count). The van der Waals surface area contributed by atoms with E-state index in [-0.39, 0.29) is 0 Å². The highest BCUT2D eigenvalue weighted by molar-refractivity contribution is 7.92. The van der Waals surface area contributed by atoms with E-state index in [2.05, 4.69) is 5.32 Å². The van der Waals surface area contributed by atoms with Crippen LogP contribution < -0.4 is 9.62 Å². The lowest BCUT2D eigenvalue weighted by Crippen LogP contribution is -2.38. The third kappa shape index (κ3) is 4.33. The predicted molar refractivity (Wildman–Crippen MR) is 93.1 cm³/mol. The molecule has 0 heterocycles. The van der Waals surface area contributed by atoms with E-state index in [4.69, 9.17) is 0 Å². The number of nitrogens with one attached hydrogen (secondary N) is 1. The third-order valence-electron chi connectivity index (χ3n) is 3.75. The maximum absolute atomic E-state index is 13.9. The highest BCUT2D eigenvalue weighted by Gasteiger charge is 2.26. The Kier molecular flexibility index (Phi) is 5.42. The van der Waals surface area contributed by atoms with Crippen LogP contribution in [0.15, 0.2) is 36.4 Å². The zero-order valence-electron chi connectivity index (χ0n) is 14.0. The van der Waals surface area contributed by atoms with Gasteiger partial charge in [0.2, 0.25) is 15.9 Å². The first-order valence-corrected chi connectivity index (χ1v) is 9.24. The largest absolute Gasteiger partial charge is 0.324 e. The van der Waals surface area contributed by atoms with Crippen molar-refractivity contribution >= 4 is 27.3 Å². The van der Waals surface area contributed by atoms with E-state index >= 15 is 0 Å². The van der Waals surface area contributed by atoms with Gasteiger partial charge in [0.15, 0.2) is 11.6 Å². The molecule has 25 heavy (non-hydrogen) atoms. The summed E-state index contributed by atoms with van der Waals surface area (Å²) in [4.78, 5) is 12.3. The predicted octanol–water partition coefficient (Wildman–Crippen LogP) is 2.99. The molecule has 0 spiro atoms. The Balaban J connectivity index is 2.33. The van der Waals surface area contributed by atoms with E-state index in [1.165, 1.54) is 0 Å². The minimum absolute atomic E-state index is 0.415. The van der Waals surface area contributed by atoms with Crippen molar-refractivity contribution in [3.63, 3.8) is 0 Å². The van der Waals surface area contributed by atoms with E-state index in [9.17, 15) is 22.0 Å². The molecule has 0 unspecified atom stereocenters. The molecule has 2 aromatic carbocycles. The molecule has 0 saturated heterocycles. The number of hydrogen-bond donors (Lipinski definition) is 1. The van der Waals surface area contributed by atoms with Gasteiger partial charge in [-0.05, 0) is 43.2 Å². The van der Waals surface area contributed by atoms with Crippen LogP contribution in [0.3, 0.4) is 0 Å². The number of amides is 1. The lowest BCUT2D eigenvalue weighted by atomic mass is 10.1. The Morgan fingerprint density at radius 2 is 1.64 bits per heavy atom. The highest BCUT2D eigenvalue weighted by Crippen LogP contribution is 2.25. The third-order valence-corrected chi connectivity index (χ3v) is 4.87. The first-order valence-electron chi connectivity index (χ1n) is 7.39. The van der Waals surface area contributed by atoms with Gasteiger partial charge in [0.25, 0.3) is 0 Å². The maximum atomic E-state index is 13.9. The van der Waals surface area contributed by atoms with Gasteiger partial charge in [-0.15, -0.1) is 0 Å². The van der Waals surface area contributed by atoms with Crippen LogP contribution in [0.2, 0.25) is 0 Å². The van der Waals surface area contributed by atoms with E-state index in [1.54, 1.807) is 19.1 Å². The van der Waals surface area contributed by atoms with Crippen molar-refractivity contribution < 1.29 is 22.0 Å². The average Bonchev–Trinajstić information content (AvgIpc) is 2.49. The number of para-hydroxylation sites is 1. The topological polar surface area (TPSA) is 66.5 Å². The van der Waals surface area contributed by atoms with Crippen molar-refractivity contribution in [2.75, 3.05) is 22.4 Å². The summed E-state index contributed by atoms with van der Waals surface area (Å²) in [6, 6.07) is 8.24. The number of benzene rings is 2. The average molecular weight is 368 g/mol. The minimum Gasteiger partial charge on any atom is -0.324 e. The number of sulfonamides is 1. The molecule has 0 saturated carbocycles. The molecular formula is C17H18F2N2O3S. The monoisotopic (exact) mass is 368 g/mol. The summed E-state index contributed by atoms with van der Waals surface area (Å²) < 4.78 is 52.2.